The van der Waals surface area contributed by atoms with E-state index in [4.69, 9.17) is 0 Å². The second-order valence-corrected chi connectivity index (χ2v) is 9.73. The SMILES string of the molecule is Cc1ccc(NC(=O)CN(c2ccc(C(C)C)cc2)S(=O)(=O)c2c(C)n[nH]c2C)cc1. The molecule has 1 aromatic heterocycles. The Bertz CT molecular complexity index is 1150. The minimum atomic E-state index is -4.02. The highest BCUT2D eigenvalue weighted by Gasteiger charge is 2.31. The molecule has 0 unspecified atom stereocenters. The molecule has 31 heavy (non-hydrogen) atoms. The van der Waals surface area contributed by atoms with Crippen LogP contribution in [0.5, 0.6) is 0 Å². The number of hydrogen-bond acceptors (Lipinski definition) is 4. The summed E-state index contributed by atoms with van der Waals surface area (Å²) < 4.78 is 28.3. The van der Waals surface area contributed by atoms with Gasteiger partial charge in [-0.25, -0.2) is 8.42 Å². The number of amides is 1. The van der Waals surface area contributed by atoms with Gasteiger partial charge in [0.1, 0.15) is 11.4 Å². The van der Waals surface area contributed by atoms with Gasteiger partial charge in [-0.15, -0.1) is 0 Å². The lowest BCUT2D eigenvalue weighted by Gasteiger charge is -2.24. The third-order valence-corrected chi connectivity index (χ3v) is 7.12. The molecule has 164 valence electrons. The number of carbonyl (C=O) groups is 1. The van der Waals surface area contributed by atoms with Crippen molar-refractivity contribution in [3.63, 3.8) is 0 Å². The van der Waals surface area contributed by atoms with Crippen LogP contribution in [-0.4, -0.2) is 31.1 Å². The van der Waals surface area contributed by atoms with Crippen LogP contribution in [0.2, 0.25) is 0 Å². The van der Waals surface area contributed by atoms with E-state index in [0.717, 1.165) is 15.4 Å². The largest absolute Gasteiger partial charge is 0.325 e. The van der Waals surface area contributed by atoms with Crippen molar-refractivity contribution in [1.82, 2.24) is 10.2 Å². The first-order valence-corrected chi connectivity index (χ1v) is 11.5. The maximum Gasteiger partial charge on any atom is 0.268 e. The molecule has 3 rings (SSSR count). The molecular formula is C23H28N4O3S. The Morgan fingerprint density at radius 2 is 1.65 bits per heavy atom. The normalized spacial score (nSPS) is 11.5. The van der Waals surface area contributed by atoms with Crippen LogP contribution in [0.25, 0.3) is 0 Å². The number of aromatic nitrogens is 2. The van der Waals surface area contributed by atoms with Gasteiger partial charge in [-0.2, -0.15) is 5.10 Å². The standard InChI is InChI=1S/C23H28N4O3S/c1-15(2)19-8-12-21(13-9-19)27(31(29,30)23-17(4)25-26-18(23)5)14-22(28)24-20-10-6-16(3)7-11-20/h6-13,15H,14H2,1-5H3,(H,24,28)(H,25,26). The molecule has 1 heterocycles. The van der Waals surface area contributed by atoms with Crippen LogP contribution in [0, 0.1) is 20.8 Å². The van der Waals surface area contributed by atoms with Crippen LogP contribution in [0.15, 0.2) is 53.4 Å². The van der Waals surface area contributed by atoms with Crippen LogP contribution < -0.4 is 9.62 Å². The number of aryl methyl sites for hydroxylation is 3. The maximum absolute atomic E-state index is 13.6. The number of hydrogen-bond donors (Lipinski definition) is 2. The van der Waals surface area contributed by atoms with Crippen molar-refractivity contribution < 1.29 is 13.2 Å². The highest BCUT2D eigenvalue weighted by Crippen LogP contribution is 2.28. The monoisotopic (exact) mass is 440 g/mol. The van der Waals surface area contributed by atoms with Gasteiger partial charge in [-0.05, 0) is 56.5 Å². The van der Waals surface area contributed by atoms with Crippen molar-refractivity contribution in [3.8, 4) is 0 Å². The maximum atomic E-state index is 13.6. The number of nitrogens with zero attached hydrogens (tertiary/aromatic N) is 2. The molecule has 0 aliphatic rings. The summed E-state index contributed by atoms with van der Waals surface area (Å²) in [6.07, 6.45) is 0. The Hall–Kier alpha value is -3.13. The Morgan fingerprint density at radius 1 is 1.03 bits per heavy atom. The van der Waals surface area contributed by atoms with E-state index in [9.17, 15) is 13.2 Å². The molecular weight excluding hydrogens is 412 g/mol. The van der Waals surface area contributed by atoms with E-state index in [2.05, 4.69) is 29.4 Å². The number of sulfonamides is 1. The summed E-state index contributed by atoms with van der Waals surface area (Å²) in [6, 6.07) is 14.6. The van der Waals surface area contributed by atoms with E-state index < -0.39 is 15.9 Å². The zero-order valence-corrected chi connectivity index (χ0v) is 19.2. The zero-order chi connectivity index (χ0) is 22.8. The van der Waals surface area contributed by atoms with E-state index in [1.807, 2.05) is 31.2 Å². The van der Waals surface area contributed by atoms with Gasteiger partial charge < -0.3 is 5.32 Å². The van der Waals surface area contributed by atoms with Gasteiger partial charge in [0, 0.05) is 5.69 Å². The van der Waals surface area contributed by atoms with Gasteiger partial charge in [0.15, 0.2) is 0 Å². The molecule has 0 saturated heterocycles. The fraction of sp³-hybridized carbons (Fsp3) is 0.304. The first kappa shape index (κ1) is 22.6. The minimum absolute atomic E-state index is 0.0866. The first-order chi connectivity index (χ1) is 14.6. The van der Waals surface area contributed by atoms with Crippen LogP contribution in [0.1, 0.15) is 42.3 Å². The highest BCUT2D eigenvalue weighted by atomic mass is 32.2. The Morgan fingerprint density at radius 3 is 2.16 bits per heavy atom. The third-order valence-electron chi connectivity index (χ3n) is 5.08. The minimum Gasteiger partial charge on any atom is -0.325 e. The number of aromatic amines is 1. The van der Waals surface area contributed by atoms with Crippen molar-refractivity contribution in [2.45, 2.75) is 45.4 Å². The summed E-state index contributed by atoms with van der Waals surface area (Å²) >= 11 is 0. The zero-order valence-electron chi connectivity index (χ0n) is 18.4. The molecule has 0 aliphatic carbocycles. The number of carbonyl (C=O) groups excluding carboxylic acids is 1. The molecule has 2 aromatic carbocycles. The summed E-state index contributed by atoms with van der Waals surface area (Å²) in [5.74, 6) is -0.124. The topological polar surface area (TPSA) is 95.2 Å². The predicted octanol–water partition coefficient (Wildman–Crippen LogP) is 4.29. The molecule has 8 heteroatoms. The summed E-state index contributed by atoms with van der Waals surface area (Å²) in [6.45, 7) is 9.01. The number of anilines is 2. The van der Waals surface area contributed by atoms with Crippen LogP contribution in [-0.2, 0) is 14.8 Å². The van der Waals surface area contributed by atoms with Crippen molar-refractivity contribution in [3.05, 3.63) is 71.0 Å². The molecule has 0 atom stereocenters. The number of rotatable bonds is 7. The molecule has 0 saturated carbocycles. The van der Waals surface area contributed by atoms with Crippen molar-refractivity contribution in [1.29, 1.82) is 0 Å². The Kier molecular flexibility index (Phi) is 6.50. The molecule has 0 fully saturated rings. The number of benzene rings is 2. The summed E-state index contributed by atoms with van der Waals surface area (Å²) in [5, 5.41) is 9.51. The predicted molar refractivity (Wildman–Crippen MR) is 123 cm³/mol. The van der Waals surface area contributed by atoms with Crippen LogP contribution >= 0.6 is 0 Å². The smallest absolute Gasteiger partial charge is 0.268 e. The molecule has 3 aromatic rings. The van der Waals surface area contributed by atoms with Crippen molar-refractivity contribution >= 4 is 27.3 Å². The molecule has 0 radical (unpaired) electrons. The number of H-pyrrole nitrogens is 1. The van der Waals surface area contributed by atoms with E-state index in [-0.39, 0.29) is 11.4 Å². The van der Waals surface area contributed by atoms with Gasteiger partial charge in [-0.1, -0.05) is 43.7 Å². The summed E-state index contributed by atoms with van der Waals surface area (Å²) in [4.78, 5) is 12.9. The van der Waals surface area contributed by atoms with Crippen LogP contribution in [0.3, 0.4) is 0 Å². The first-order valence-electron chi connectivity index (χ1n) is 10.1. The molecule has 2 N–H and O–H groups in total. The fourth-order valence-corrected chi connectivity index (χ4v) is 5.10. The third kappa shape index (κ3) is 4.96. The van der Waals surface area contributed by atoms with E-state index in [0.29, 0.717) is 28.7 Å². The molecule has 0 bridgehead atoms. The average Bonchev–Trinajstić information content (AvgIpc) is 3.06. The summed E-state index contributed by atoms with van der Waals surface area (Å²) in [5.41, 5.74) is 3.97. The number of nitrogens with one attached hydrogen (secondary N) is 2. The molecule has 0 aliphatic heterocycles. The Labute approximate surface area is 183 Å². The van der Waals surface area contributed by atoms with Crippen LogP contribution in [0.4, 0.5) is 11.4 Å². The van der Waals surface area contributed by atoms with Gasteiger partial charge in [0.25, 0.3) is 10.0 Å². The summed E-state index contributed by atoms with van der Waals surface area (Å²) in [7, 11) is -4.02. The lowest BCUT2D eigenvalue weighted by atomic mass is 10.0. The van der Waals surface area contributed by atoms with Crippen molar-refractivity contribution in [2.24, 2.45) is 0 Å². The fourth-order valence-electron chi connectivity index (χ4n) is 3.34. The van der Waals surface area contributed by atoms with E-state index >= 15 is 0 Å². The highest BCUT2D eigenvalue weighted by molar-refractivity contribution is 7.93. The second kappa shape index (κ2) is 8.93. The van der Waals surface area contributed by atoms with E-state index in [1.54, 1.807) is 38.1 Å². The van der Waals surface area contributed by atoms with Gasteiger partial charge in [0.2, 0.25) is 5.91 Å². The second-order valence-electron chi connectivity index (χ2n) is 7.94. The van der Waals surface area contributed by atoms with E-state index in [1.165, 1.54) is 0 Å². The van der Waals surface area contributed by atoms with Gasteiger partial charge in [0.05, 0.1) is 17.1 Å². The Balaban J connectivity index is 1.97. The van der Waals surface area contributed by atoms with Crippen molar-refractivity contribution in [2.75, 3.05) is 16.2 Å². The lowest BCUT2D eigenvalue weighted by Crippen LogP contribution is -2.38. The molecule has 1 amide bonds. The average molecular weight is 441 g/mol. The lowest BCUT2D eigenvalue weighted by molar-refractivity contribution is -0.114. The van der Waals surface area contributed by atoms with Gasteiger partial charge >= 0.3 is 0 Å². The quantitative estimate of drug-likeness (QED) is 0.573. The molecule has 7 nitrogen and oxygen atoms in total. The molecule has 0 spiro atoms. The van der Waals surface area contributed by atoms with Gasteiger partial charge in [-0.3, -0.25) is 14.2 Å².